The summed E-state index contributed by atoms with van der Waals surface area (Å²) in [4.78, 5) is 16.4. The molecule has 4 heteroatoms. The molecular weight excluding hydrogens is 576 g/mol. The maximum absolute atomic E-state index is 14.0. The van der Waals surface area contributed by atoms with E-state index in [0.29, 0.717) is 11.1 Å². The molecule has 0 bridgehead atoms. The quantitative estimate of drug-likeness (QED) is 0.106. The Morgan fingerprint density at radius 1 is 0.745 bits per heavy atom. The summed E-state index contributed by atoms with van der Waals surface area (Å²) in [6, 6.07) is 25.9. The highest BCUT2D eigenvalue weighted by molar-refractivity contribution is 6.24. The summed E-state index contributed by atoms with van der Waals surface area (Å²) in [5, 5.41) is 18.9. The normalized spacial score (nSPS) is 19.8. The van der Waals surface area contributed by atoms with E-state index >= 15 is 0 Å². The van der Waals surface area contributed by atoms with Crippen LogP contribution in [0.3, 0.4) is 0 Å². The summed E-state index contributed by atoms with van der Waals surface area (Å²) in [5.74, 6) is -0.292. The van der Waals surface area contributed by atoms with Gasteiger partial charge in [-0.05, 0) is 72.0 Å². The summed E-state index contributed by atoms with van der Waals surface area (Å²) in [6.45, 7) is 15.1. The molecule has 0 atom stereocenters. The summed E-state index contributed by atoms with van der Waals surface area (Å²) in [6.07, 6.45) is 9.24. The van der Waals surface area contributed by atoms with Gasteiger partial charge in [-0.25, -0.2) is 0 Å². The highest BCUT2D eigenvalue weighted by atomic mass is 16.3. The van der Waals surface area contributed by atoms with Crippen molar-refractivity contribution in [3.63, 3.8) is 0 Å². The number of hydrogen-bond donors (Lipinski definition) is 0. The zero-order valence-electron chi connectivity index (χ0n) is 28.7. The standard InChI is InChI=1S/C43H46N2O2/c1-7-9-15-25-45-35-23-21-29-17-12-14-19-31(29)39(35)43(5,6)37(45)27-33-40(46)32(41(33)47)26-36-42(3,4)38-30-18-13-11-16-28(30)20-22-34(38)44(36)24-10-8-2/h11-14,16-23,26-27H,7-10,15,24-25H2,1-6H3. The van der Waals surface area contributed by atoms with Crippen LogP contribution in [0.15, 0.2) is 108 Å². The smallest absolute Gasteiger partial charge is 0.210 e. The number of carbonyl (C=O) groups is 1. The third kappa shape index (κ3) is 4.79. The molecule has 0 N–H and O–H groups in total. The predicted molar refractivity (Wildman–Crippen MR) is 194 cm³/mol. The Morgan fingerprint density at radius 2 is 1.38 bits per heavy atom. The number of ketones is 1. The van der Waals surface area contributed by atoms with E-state index in [1.165, 1.54) is 44.0 Å². The lowest BCUT2D eigenvalue weighted by molar-refractivity contribution is -0.438. The predicted octanol–water partition coefficient (Wildman–Crippen LogP) is 9.16. The Balaban J connectivity index is 1.33. The van der Waals surface area contributed by atoms with Crippen molar-refractivity contribution in [1.82, 2.24) is 0 Å². The van der Waals surface area contributed by atoms with E-state index in [2.05, 4.69) is 124 Å². The monoisotopic (exact) mass is 622 g/mol. The van der Waals surface area contributed by atoms with Gasteiger partial charge in [-0.15, -0.1) is 0 Å². The lowest BCUT2D eigenvalue weighted by Crippen LogP contribution is -2.35. The van der Waals surface area contributed by atoms with Gasteiger partial charge in [-0.3, -0.25) is 4.79 Å². The zero-order chi connectivity index (χ0) is 33.1. The van der Waals surface area contributed by atoms with Crippen molar-refractivity contribution in [3.8, 4) is 0 Å². The maximum Gasteiger partial charge on any atom is 0.210 e. The second kappa shape index (κ2) is 11.7. The van der Waals surface area contributed by atoms with Crippen LogP contribution in [-0.2, 0) is 15.6 Å². The SMILES string of the molecule is CCCCC[N+]1=C(/C=C2\C(=O)C(/C=C3/N(CCCC)c4ccc5ccccc5c4C3(C)C)=C2[O-])C(C)(C)c2c1ccc1ccccc21. The van der Waals surface area contributed by atoms with Gasteiger partial charge < -0.3 is 10.0 Å². The average molecular weight is 623 g/mol. The van der Waals surface area contributed by atoms with E-state index in [1.54, 1.807) is 0 Å². The summed E-state index contributed by atoms with van der Waals surface area (Å²) >= 11 is 0. The van der Waals surface area contributed by atoms with Crippen LogP contribution < -0.4 is 10.0 Å². The van der Waals surface area contributed by atoms with Crippen molar-refractivity contribution < 1.29 is 14.5 Å². The molecule has 4 nitrogen and oxygen atoms in total. The van der Waals surface area contributed by atoms with Crippen molar-refractivity contribution in [2.24, 2.45) is 0 Å². The highest BCUT2D eigenvalue weighted by Crippen LogP contribution is 2.52. The lowest BCUT2D eigenvalue weighted by atomic mass is 9.76. The van der Waals surface area contributed by atoms with Crippen LogP contribution in [0.1, 0.15) is 84.8 Å². The number of carbonyl (C=O) groups excluding carboxylic acids is 1. The third-order valence-electron chi connectivity index (χ3n) is 10.8. The molecular formula is C43H46N2O2. The molecule has 0 unspecified atom stereocenters. The molecule has 1 aliphatic carbocycles. The van der Waals surface area contributed by atoms with Crippen molar-refractivity contribution in [3.05, 3.63) is 119 Å². The average Bonchev–Trinajstić information content (AvgIpc) is 3.43. The minimum absolute atomic E-state index is 0.146. The first kappa shape index (κ1) is 31.2. The molecule has 240 valence electrons. The minimum Gasteiger partial charge on any atom is -0.871 e. The zero-order valence-corrected chi connectivity index (χ0v) is 28.7. The molecule has 0 radical (unpaired) electrons. The first-order valence-corrected chi connectivity index (χ1v) is 17.5. The van der Waals surface area contributed by atoms with Crippen molar-refractivity contribution in [2.45, 2.75) is 84.5 Å². The van der Waals surface area contributed by atoms with Gasteiger partial charge in [0.2, 0.25) is 5.69 Å². The Hall–Kier alpha value is -4.44. The Labute approximate surface area is 279 Å². The van der Waals surface area contributed by atoms with Crippen LogP contribution in [0.2, 0.25) is 0 Å². The van der Waals surface area contributed by atoms with Crippen molar-refractivity contribution in [1.29, 1.82) is 0 Å². The van der Waals surface area contributed by atoms with Gasteiger partial charge in [-0.1, -0.05) is 101 Å². The second-order valence-electron chi connectivity index (χ2n) is 14.5. The van der Waals surface area contributed by atoms with Crippen LogP contribution in [0, 0.1) is 0 Å². The number of nitrogens with zero attached hydrogens (tertiary/aromatic N) is 2. The molecule has 2 heterocycles. The number of anilines is 1. The summed E-state index contributed by atoms with van der Waals surface area (Å²) in [7, 11) is 0. The fourth-order valence-corrected chi connectivity index (χ4v) is 8.28. The summed E-state index contributed by atoms with van der Waals surface area (Å²) in [5.41, 5.74) is 6.85. The van der Waals surface area contributed by atoms with Crippen LogP contribution in [0.4, 0.5) is 11.4 Å². The van der Waals surface area contributed by atoms with Crippen LogP contribution in [0.25, 0.3) is 21.5 Å². The van der Waals surface area contributed by atoms with E-state index in [4.69, 9.17) is 0 Å². The van der Waals surface area contributed by atoms with E-state index in [-0.39, 0.29) is 22.4 Å². The molecule has 0 fully saturated rings. The number of Topliss-reactive ketones (excluding diaryl/α,β-unsaturated/α-hetero) is 1. The minimum atomic E-state index is -0.364. The van der Waals surface area contributed by atoms with Gasteiger partial charge in [0.1, 0.15) is 6.54 Å². The number of rotatable bonds is 9. The Morgan fingerprint density at radius 3 is 2.04 bits per heavy atom. The van der Waals surface area contributed by atoms with Gasteiger partial charge in [0.25, 0.3) is 0 Å². The number of unbranched alkanes of at least 4 members (excludes halogenated alkanes) is 3. The molecule has 4 aromatic carbocycles. The van der Waals surface area contributed by atoms with E-state index < -0.39 is 0 Å². The van der Waals surface area contributed by atoms with Gasteiger partial charge in [-0.2, -0.15) is 4.58 Å². The van der Waals surface area contributed by atoms with E-state index in [9.17, 15) is 9.90 Å². The fraction of sp³-hybridized carbons (Fsp3) is 0.349. The van der Waals surface area contributed by atoms with Crippen LogP contribution >= 0.6 is 0 Å². The first-order chi connectivity index (χ1) is 22.6. The molecule has 0 amide bonds. The number of fused-ring (bicyclic) bond motifs is 6. The van der Waals surface area contributed by atoms with Crippen LogP contribution in [0.5, 0.6) is 0 Å². The van der Waals surface area contributed by atoms with Gasteiger partial charge in [0.15, 0.2) is 11.5 Å². The topological polar surface area (TPSA) is 46.4 Å². The molecule has 0 saturated carbocycles. The molecule has 0 spiro atoms. The van der Waals surface area contributed by atoms with E-state index in [0.717, 1.165) is 56.6 Å². The maximum atomic E-state index is 14.0. The van der Waals surface area contributed by atoms with Gasteiger partial charge in [0.05, 0.1) is 5.41 Å². The summed E-state index contributed by atoms with van der Waals surface area (Å²) < 4.78 is 2.37. The highest BCUT2D eigenvalue weighted by Gasteiger charge is 2.47. The lowest BCUT2D eigenvalue weighted by Gasteiger charge is -2.33. The Bertz CT molecular complexity index is 2070. The van der Waals surface area contributed by atoms with Crippen molar-refractivity contribution >= 4 is 44.4 Å². The number of allylic oxidation sites excluding steroid dienone is 5. The number of benzene rings is 4. The molecule has 0 saturated heterocycles. The molecule has 47 heavy (non-hydrogen) atoms. The Kier molecular flexibility index (Phi) is 7.74. The molecule has 3 aliphatic rings. The van der Waals surface area contributed by atoms with Crippen LogP contribution in [-0.4, -0.2) is 29.2 Å². The molecule has 2 aliphatic heterocycles. The number of hydrogen-bond acceptors (Lipinski definition) is 3. The third-order valence-corrected chi connectivity index (χ3v) is 10.8. The fourth-order valence-electron chi connectivity index (χ4n) is 8.28. The molecule has 7 rings (SSSR count). The van der Waals surface area contributed by atoms with Gasteiger partial charge >= 0.3 is 0 Å². The molecule has 0 aromatic heterocycles. The van der Waals surface area contributed by atoms with Gasteiger partial charge in [0, 0.05) is 58.6 Å². The first-order valence-electron chi connectivity index (χ1n) is 17.5. The van der Waals surface area contributed by atoms with E-state index in [1.807, 2.05) is 12.2 Å². The molecule has 4 aromatic rings. The second-order valence-corrected chi connectivity index (χ2v) is 14.5. The largest absolute Gasteiger partial charge is 0.871 e. The van der Waals surface area contributed by atoms with Crippen molar-refractivity contribution in [2.75, 3.05) is 18.0 Å².